The Morgan fingerprint density at radius 2 is 1.18 bits per heavy atom. The molecule has 3 heteroatoms. The maximum Gasteiger partial charge on any atom is 0.142 e. The summed E-state index contributed by atoms with van der Waals surface area (Å²) in [5, 5.41) is 12.5. The van der Waals surface area contributed by atoms with Gasteiger partial charge in [-0.15, -0.1) is 0 Å². The topological polar surface area (TPSA) is 20.2 Å². The van der Waals surface area contributed by atoms with Gasteiger partial charge in [0.1, 0.15) is 5.60 Å². The molecule has 0 amide bonds. The Kier molecular flexibility index (Phi) is 4.21. The van der Waals surface area contributed by atoms with Crippen molar-refractivity contribution in [2.24, 2.45) is 0 Å². The van der Waals surface area contributed by atoms with Crippen LogP contribution in [0, 0.1) is 0 Å². The first kappa shape index (κ1) is 15.1. The Morgan fingerprint density at radius 3 is 1.64 bits per heavy atom. The van der Waals surface area contributed by atoms with E-state index in [1.165, 1.54) is 0 Å². The molecule has 0 saturated carbocycles. The van der Waals surface area contributed by atoms with E-state index in [0.29, 0.717) is 15.6 Å². The normalized spacial score (nSPS) is 11.4. The number of hydrogen-bond donors (Lipinski definition) is 1. The fourth-order valence-electron chi connectivity index (χ4n) is 2.62. The molecule has 3 aromatic carbocycles. The molecule has 0 bridgehead atoms. The summed E-state index contributed by atoms with van der Waals surface area (Å²) in [5.41, 5.74) is 0.788. The van der Waals surface area contributed by atoms with Crippen molar-refractivity contribution in [2.75, 3.05) is 0 Å². The zero-order valence-corrected chi connectivity index (χ0v) is 13.2. The first-order valence-corrected chi connectivity index (χ1v) is 7.67. The minimum atomic E-state index is -1.33. The van der Waals surface area contributed by atoms with E-state index in [0.717, 1.165) is 11.1 Å². The minimum absolute atomic E-state index is 0.433. The summed E-state index contributed by atoms with van der Waals surface area (Å²) >= 11 is 12.4. The van der Waals surface area contributed by atoms with Gasteiger partial charge in [0.05, 0.1) is 0 Å². The van der Waals surface area contributed by atoms with Gasteiger partial charge in [0.15, 0.2) is 0 Å². The smallest absolute Gasteiger partial charge is 0.142 e. The first-order chi connectivity index (χ1) is 10.6. The number of rotatable bonds is 3. The zero-order chi connectivity index (χ0) is 15.6. The number of aliphatic hydroxyl groups is 1. The van der Waals surface area contributed by atoms with Gasteiger partial charge in [-0.1, -0.05) is 89.9 Å². The molecule has 22 heavy (non-hydrogen) atoms. The number of halogens is 2. The second-order valence-corrected chi connectivity index (χ2v) is 5.91. The Bertz CT molecular complexity index is 730. The SMILES string of the molecule is OC(c1ccccc1)(c1ccccc1)c1ccc(Cl)cc1Cl. The van der Waals surface area contributed by atoms with Crippen LogP contribution in [0.25, 0.3) is 0 Å². The van der Waals surface area contributed by atoms with Crippen LogP contribution in [0.15, 0.2) is 78.9 Å². The lowest BCUT2D eigenvalue weighted by molar-refractivity contribution is 0.126. The summed E-state index contributed by atoms with van der Waals surface area (Å²) < 4.78 is 0. The van der Waals surface area contributed by atoms with E-state index in [1.54, 1.807) is 18.2 Å². The summed E-state index contributed by atoms with van der Waals surface area (Å²) in [6, 6.07) is 24.1. The highest BCUT2D eigenvalue weighted by atomic mass is 35.5. The molecule has 0 aliphatic rings. The first-order valence-electron chi connectivity index (χ1n) is 6.91. The standard InChI is InChI=1S/C19H14Cl2O/c20-16-11-12-17(18(21)13-16)19(22,14-7-3-1-4-8-14)15-9-5-2-6-10-15/h1-13,22H. The second kappa shape index (κ2) is 6.13. The predicted octanol–water partition coefficient (Wildman–Crippen LogP) is 5.28. The van der Waals surface area contributed by atoms with Crippen molar-refractivity contribution in [1.29, 1.82) is 0 Å². The molecule has 0 aromatic heterocycles. The van der Waals surface area contributed by atoms with E-state index >= 15 is 0 Å². The molecule has 0 spiro atoms. The average molecular weight is 329 g/mol. The van der Waals surface area contributed by atoms with Crippen LogP contribution < -0.4 is 0 Å². The van der Waals surface area contributed by atoms with Gasteiger partial charge in [0.2, 0.25) is 0 Å². The van der Waals surface area contributed by atoms with E-state index in [1.807, 2.05) is 60.7 Å². The predicted molar refractivity (Wildman–Crippen MR) is 91.4 cm³/mol. The lowest BCUT2D eigenvalue weighted by Gasteiger charge is -2.31. The molecule has 0 fully saturated rings. The van der Waals surface area contributed by atoms with Crippen molar-refractivity contribution >= 4 is 23.2 Å². The molecule has 0 saturated heterocycles. The van der Waals surface area contributed by atoms with Gasteiger partial charge in [0, 0.05) is 15.6 Å². The maximum atomic E-state index is 11.6. The fraction of sp³-hybridized carbons (Fsp3) is 0.0526. The average Bonchev–Trinajstić information content (AvgIpc) is 2.56. The van der Waals surface area contributed by atoms with E-state index in [-0.39, 0.29) is 0 Å². The van der Waals surface area contributed by atoms with Crippen molar-refractivity contribution in [3.8, 4) is 0 Å². The highest BCUT2D eigenvalue weighted by molar-refractivity contribution is 6.35. The molecule has 0 atom stereocenters. The van der Waals surface area contributed by atoms with E-state index in [4.69, 9.17) is 23.2 Å². The van der Waals surface area contributed by atoms with Crippen molar-refractivity contribution in [3.05, 3.63) is 106 Å². The number of hydrogen-bond acceptors (Lipinski definition) is 1. The van der Waals surface area contributed by atoms with Crippen LogP contribution in [-0.2, 0) is 5.60 Å². The molecule has 110 valence electrons. The van der Waals surface area contributed by atoms with Gasteiger partial charge >= 0.3 is 0 Å². The van der Waals surface area contributed by atoms with Crippen molar-refractivity contribution in [3.63, 3.8) is 0 Å². The van der Waals surface area contributed by atoms with Crippen LogP contribution in [0.1, 0.15) is 16.7 Å². The second-order valence-electron chi connectivity index (χ2n) is 5.07. The van der Waals surface area contributed by atoms with Gasteiger partial charge in [-0.25, -0.2) is 0 Å². The third-order valence-electron chi connectivity index (χ3n) is 3.70. The summed E-state index contributed by atoms with van der Waals surface area (Å²) in [5.74, 6) is 0. The highest BCUT2D eigenvalue weighted by Gasteiger charge is 2.35. The largest absolute Gasteiger partial charge is 0.376 e. The molecule has 3 aromatic rings. The third kappa shape index (κ3) is 2.64. The Balaban J connectivity index is 2.28. The van der Waals surface area contributed by atoms with Gasteiger partial charge in [-0.3, -0.25) is 0 Å². The lowest BCUT2D eigenvalue weighted by Crippen LogP contribution is -2.29. The van der Waals surface area contributed by atoms with Crippen LogP contribution in [0.5, 0.6) is 0 Å². The summed E-state index contributed by atoms with van der Waals surface area (Å²) in [6.45, 7) is 0. The quantitative estimate of drug-likeness (QED) is 0.648. The molecule has 3 rings (SSSR count). The molecule has 1 N–H and O–H groups in total. The summed E-state index contributed by atoms with van der Waals surface area (Å²) in [6.07, 6.45) is 0. The molecule has 0 heterocycles. The van der Waals surface area contributed by atoms with Crippen molar-refractivity contribution < 1.29 is 5.11 Å². The van der Waals surface area contributed by atoms with E-state index in [9.17, 15) is 5.11 Å². The van der Waals surface area contributed by atoms with Crippen molar-refractivity contribution in [1.82, 2.24) is 0 Å². The molecular weight excluding hydrogens is 315 g/mol. The van der Waals surface area contributed by atoms with Gasteiger partial charge < -0.3 is 5.11 Å². The maximum absolute atomic E-state index is 11.6. The molecular formula is C19H14Cl2O. The highest BCUT2D eigenvalue weighted by Crippen LogP contribution is 2.40. The van der Waals surface area contributed by atoms with Crippen LogP contribution in [0.2, 0.25) is 10.0 Å². The molecule has 0 aliphatic carbocycles. The van der Waals surface area contributed by atoms with Crippen LogP contribution in [-0.4, -0.2) is 5.11 Å². The van der Waals surface area contributed by atoms with Crippen LogP contribution >= 0.6 is 23.2 Å². The van der Waals surface area contributed by atoms with Gasteiger partial charge in [-0.05, 0) is 23.3 Å². The zero-order valence-electron chi connectivity index (χ0n) is 11.7. The molecule has 0 unspecified atom stereocenters. The Hall–Kier alpha value is -1.80. The van der Waals surface area contributed by atoms with Gasteiger partial charge in [0.25, 0.3) is 0 Å². The summed E-state index contributed by atoms with van der Waals surface area (Å²) in [4.78, 5) is 0. The van der Waals surface area contributed by atoms with Gasteiger partial charge in [-0.2, -0.15) is 0 Å². The van der Waals surface area contributed by atoms with Crippen LogP contribution in [0.3, 0.4) is 0 Å². The third-order valence-corrected chi connectivity index (χ3v) is 4.25. The fourth-order valence-corrected chi connectivity index (χ4v) is 3.16. The lowest BCUT2D eigenvalue weighted by atomic mass is 9.80. The monoisotopic (exact) mass is 328 g/mol. The number of benzene rings is 3. The molecule has 0 radical (unpaired) electrons. The van der Waals surface area contributed by atoms with Crippen molar-refractivity contribution in [2.45, 2.75) is 5.60 Å². The minimum Gasteiger partial charge on any atom is -0.376 e. The molecule has 0 aliphatic heterocycles. The summed E-state index contributed by atoms with van der Waals surface area (Å²) in [7, 11) is 0. The Morgan fingerprint density at radius 1 is 0.682 bits per heavy atom. The molecule has 1 nitrogen and oxygen atoms in total. The Labute approximate surface area is 139 Å². The van der Waals surface area contributed by atoms with Crippen LogP contribution in [0.4, 0.5) is 0 Å². The van der Waals surface area contributed by atoms with E-state index < -0.39 is 5.60 Å². The van der Waals surface area contributed by atoms with E-state index in [2.05, 4.69) is 0 Å².